The molecule has 0 fully saturated rings. The molecule has 0 unspecified atom stereocenters. The highest BCUT2D eigenvalue weighted by Gasteiger charge is 2.02. The summed E-state index contributed by atoms with van der Waals surface area (Å²) < 4.78 is 1.83. The van der Waals surface area contributed by atoms with Gasteiger partial charge in [0.2, 0.25) is 0 Å². The summed E-state index contributed by atoms with van der Waals surface area (Å²) in [4.78, 5) is 10.4. The predicted molar refractivity (Wildman–Crippen MR) is 63.7 cm³/mol. The maximum atomic E-state index is 10.4. The van der Waals surface area contributed by atoms with Gasteiger partial charge < -0.3 is 5.11 Å². The van der Waals surface area contributed by atoms with Crippen molar-refractivity contribution >= 4 is 5.97 Å². The Balaban J connectivity index is 1.97. The molecule has 0 aliphatic carbocycles. The molecule has 1 aromatic heterocycles. The zero-order valence-corrected chi connectivity index (χ0v) is 9.41. The van der Waals surface area contributed by atoms with Gasteiger partial charge in [-0.1, -0.05) is 30.3 Å². The van der Waals surface area contributed by atoms with Gasteiger partial charge in [0.15, 0.2) is 0 Å². The van der Waals surface area contributed by atoms with E-state index in [0.29, 0.717) is 13.0 Å². The van der Waals surface area contributed by atoms with Crippen molar-refractivity contribution in [3.8, 4) is 0 Å². The van der Waals surface area contributed by atoms with Crippen LogP contribution in [0.1, 0.15) is 17.5 Å². The molecule has 0 amide bonds. The van der Waals surface area contributed by atoms with Crippen LogP contribution in [0.15, 0.2) is 42.7 Å². The molecule has 2 rings (SSSR count). The summed E-state index contributed by atoms with van der Waals surface area (Å²) in [5, 5.41) is 12.8. The van der Waals surface area contributed by atoms with Gasteiger partial charge in [0.05, 0.1) is 12.7 Å². The molecule has 1 aromatic carbocycles. The smallest absolute Gasteiger partial charge is 0.303 e. The molecular weight excluding hydrogens is 216 g/mol. The Kier molecular flexibility index (Phi) is 3.55. The molecule has 17 heavy (non-hydrogen) atoms. The topological polar surface area (TPSA) is 55.1 Å². The van der Waals surface area contributed by atoms with Gasteiger partial charge in [-0.05, 0) is 17.5 Å². The lowest BCUT2D eigenvalue weighted by atomic mass is 10.2. The maximum Gasteiger partial charge on any atom is 0.303 e. The van der Waals surface area contributed by atoms with E-state index in [1.807, 2.05) is 41.2 Å². The van der Waals surface area contributed by atoms with Crippen molar-refractivity contribution in [2.45, 2.75) is 19.4 Å². The highest BCUT2D eigenvalue weighted by atomic mass is 16.4. The first-order chi connectivity index (χ1) is 8.24. The molecule has 0 atom stereocenters. The van der Waals surface area contributed by atoms with Gasteiger partial charge in [0.1, 0.15) is 0 Å². The first-order valence-electron chi connectivity index (χ1n) is 5.51. The molecule has 1 N–H and O–H groups in total. The number of hydrogen-bond acceptors (Lipinski definition) is 2. The molecule has 88 valence electrons. The molecule has 1 heterocycles. The van der Waals surface area contributed by atoms with E-state index in [1.165, 1.54) is 5.56 Å². The van der Waals surface area contributed by atoms with E-state index in [4.69, 9.17) is 5.11 Å². The molecule has 0 bridgehead atoms. The number of rotatable bonds is 5. The van der Waals surface area contributed by atoms with Crippen LogP contribution in [-0.2, 0) is 17.8 Å². The van der Waals surface area contributed by atoms with Crippen molar-refractivity contribution in [3.63, 3.8) is 0 Å². The van der Waals surface area contributed by atoms with Crippen molar-refractivity contribution in [1.82, 2.24) is 9.78 Å². The third kappa shape index (κ3) is 3.45. The number of carboxylic acid groups (broad SMARTS) is 1. The van der Waals surface area contributed by atoms with Gasteiger partial charge in [-0.25, -0.2) is 0 Å². The number of nitrogens with zero attached hydrogens (tertiary/aromatic N) is 2. The third-order valence-electron chi connectivity index (χ3n) is 2.50. The number of carboxylic acids is 1. The van der Waals surface area contributed by atoms with Gasteiger partial charge in [0, 0.05) is 12.6 Å². The SMILES string of the molecule is O=C(O)CCc1cnn(Cc2ccccc2)c1. The number of hydrogen-bond donors (Lipinski definition) is 1. The van der Waals surface area contributed by atoms with Gasteiger partial charge in [0.25, 0.3) is 0 Å². The number of aliphatic carboxylic acids is 1. The van der Waals surface area contributed by atoms with Crippen LogP contribution in [0, 0.1) is 0 Å². The van der Waals surface area contributed by atoms with E-state index in [9.17, 15) is 4.79 Å². The molecule has 4 nitrogen and oxygen atoms in total. The number of carbonyl (C=O) groups is 1. The first kappa shape index (κ1) is 11.4. The molecule has 4 heteroatoms. The minimum Gasteiger partial charge on any atom is -0.481 e. The Morgan fingerprint density at radius 3 is 2.71 bits per heavy atom. The van der Waals surface area contributed by atoms with Crippen molar-refractivity contribution in [1.29, 1.82) is 0 Å². The standard InChI is InChI=1S/C13H14N2O2/c16-13(17)7-6-12-8-14-15(10-12)9-11-4-2-1-3-5-11/h1-5,8,10H,6-7,9H2,(H,16,17). The normalized spacial score (nSPS) is 10.4. The largest absolute Gasteiger partial charge is 0.481 e. The van der Waals surface area contributed by atoms with E-state index in [2.05, 4.69) is 5.10 Å². The van der Waals surface area contributed by atoms with Crippen LogP contribution in [-0.4, -0.2) is 20.9 Å². The lowest BCUT2D eigenvalue weighted by Crippen LogP contribution is -1.99. The summed E-state index contributed by atoms with van der Waals surface area (Å²) in [6, 6.07) is 10.0. The Hall–Kier alpha value is -2.10. The second kappa shape index (κ2) is 5.30. The van der Waals surface area contributed by atoms with Crippen LogP contribution in [0.2, 0.25) is 0 Å². The molecule has 0 saturated heterocycles. The summed E-state index contributed by atoms with van der Waals surface area (Å²) in [6.07, 6.45) is 4.31. The third-order valence-corrected chi connectivity index (χ3v) is 2.50. The van der Waals surface area contributed by atoms with Crippen molar-refractivity contribution < 1.29 is 9.90 Å². The van der Waals surface area contributed by atoms with Crippen LogP contribution in [0.4, 0.5) is 0 Å². The van der Waals surface area contributed by atoms with E-state index in [-0.39, 0.29) is 6.42 Å². The molecule has 0 radical (unpaired) electrons. The maximum absolute atomic E-state index is 10.4. The fraction of sp³-hybridized carbons (Fsp3) is 0.231. The van der Waals surface area contributed by atoms with E-state index in [1.54, 1.807) is 6.20 Å². The minimum absolute atomic E-state index is 0.150. The van der Waals surface area contributed by atoms with Crippen molar-refractivity contribution in [2.24, 2.45) is 0 Å². The number of aryl methyl sites for hydroxylation is 1. The quantitative estimate of drug-likeness (QED) is 0.854. The lowest BCUT2D eigenvalue weighted by molar-refractivity contribution is -0.136. The highest BCUT2D eigenvalue weighted by Crippen LogP contribution is 2.05. The van der Waals surface area contributed by atoms with Gasteiger partial charge in [-0.2, -0.15) is 5.10 Å². The summed E-state index contributed by atoms with van der Waals surface area (Å²) in [6.45, 7) is 0.716. The summed E-state index contributed by atoms with van der Waals surface area (Å²) in [7, 11) is 0. The zero-order chi connectivity index (χ0) is 12.1. The fourth-order valence-electron chi connectivity index (χ4n) is 1.64. The van der Waals surface area contributed by atoms with Crippen molar-refractivity contribution in [3.05, 3.63) is 53.9 Å². The van der Waals surface area contributed by atoms with Crippen LogP contribution >= 0.6 is 0 Å². The fourth-order valence-corrected chi connectivity index (χ4v) is 1.64. The molecular formula is C13H14N2O2. The van der Waals surface area contributed by atoms with Crippen LogP contribution in [0.25, 0.3) is 0 Å². The monoisotopic (exact) mass is 230 g/mol. The van der Waals surface area contributed by atoms with Crippen molar-refractivity contribution in [2.75, 3.05) is 0 Å². The summed E-state index contributed by atoms with van der Waals surface area (Å²) >= 11 is 0. The average molecular weight is 230 g/mol. The Labute approximate surface area is 99.5 Å². The van der Waals surface area contributed by atoms with Crippen LogP contribution in [0.5, 0.6) is 0 Å². The van der Waals surface area contributed by atoms with E-state index < -0.39 is 5.97 Å². The zero-order valence-electron chi connectivity index (χ0n) is 9.41. The molecule has 2 aromatic rings. The highest BCUT2D eigenvalue weighted by molar-refractivity contribution is 5.67. The predicted octanol–water partition coefficient (Wildman–Crippen LogP) is 1.95. The first-order valence-corrected chi connectivity index (χ1v) is 5.51. The Morgan fingerprint density at radius 1 is 1.24 bits per heavy atom. The number of aromatic nitrogens is 2. The summed E-state index contributed by atoms with van der Waals surface area (Å²) in [5.41, 5.74) is 2.14. The van der Waals surface area contributed by atoms with Crippen LogP contribution in [0.3, 0.4) is 0 Å². The number of benzene rings is 1. The summed E-state index contributed by atoms with van der Waals surface area (Å²) in [5.74, 6) is -0.777. The van der Waals surface area contributed by atoms with Gasteiger partial charge in [-0.3, -0.25) is 9.48 Å². The Morgan fingerprint density at radius 2 is 2.00 bits per heavy atom. The van der Waals surface area contributed by atoms with E-state index >= 15 is 0 Å². The molecule has 0 spiro atoms. The molecule has 0 aliphatic heterocycles. The van der Waals surface area contributed by atoms with Gasteiger partial charge >= 0.3 is 5.97 Å². The van der Waals surface area contributed by atoms with Gasteiger partial charge in [-0.15, -0.1) is 0 Å². The molecule has 0 saturated carbocycles. The van der Waals surface area contributed by atoms with E-state index in [0.717, 1.165) is 5.56 Å². The minimum atomic E-state index is -0.777. The second-order valence-corrected chi connectivity index (χ2v) is 3.93. The average Bonchev–Trinajstić information content (AvgIpc) is 2.75. The van der Waals surface area contributed by atoms with Crippen LogP contribution < -0.4 is 0 Å². The second-order valence-electron chi connectivity index (χ2n) is 3.93. The Bertz CT molecular complexity index is 491. The lowest BCUT2D eigenvalue weighted by Gasteiger charge is -2.00. The molecule has 0 aliphatic rings.